The summed E-state index contributed by atoms with van der Waals surface area (Å²) in [6.45, 7) is 1.95. The van der Waals surface area contributed by atoms with Gasteiger partial charge in [-0.1, -0.05) is 12.1 Å². The van der Waals surface area contributed by atoms with Crippen LogP contribution in [0.3, 0.4) is 0 Å². The summed E-state index contributed by atoms with van der Waals surface area (Å²) in [6.07, 6.45) is 1.14. The molecule has 0 N–H and O–H groups in total. The average molecular weight is 230 g/mol. The standard InChI is InChI=1S/C13H14N2O2/c1-13-8-7-11(16)15(13)12(17)9-5-3-4-6-10(9)14(13)2/h3-6H,7-8H2,1-2H3/t13-/m1/s1. The second-order valence-corrected chi connectivity index (χ2v) is 4.83. The molecule has 0 aliphatic carbocycles. The Hall–Kier alpha value is -1.84. The van der Waals surface area contributed by atoms with Gasteiger partial charge >= 0.3 is 0 Å². The Morgan fingerprint density at radius 3 is 2.71 bits per heavy atom. The van der Waals surface area contributed by atoms with Crippen molar-refractivity contribution in [3.63, 3.8) is 0 Å². The van der Waals surface area contributed by atoms with Gasteiger partial charge in [-0.05, 0) is 25.5 Å². The van der Waals surface area contributed by atoms with Gasteiger partial charge in [-0.15, -0.1) is 0 Å². The number of hydrogen-bond acceptors (Lipinski definition) is 3. The van der Waals surface area contributed by atoms with Crippen LogP contribution in [0.5, 0.6) is 0 Å². The van der Waals surface area contributed by atoms with Crippen molar-refractivity contribution in [2.75, 3.05) is 11.9 Å². The number of hydrogen-bond donors (Lipinski definition) is 0. The smallest absolute Gasteiger partial charge is 0.264 e. The van der Waals surface area contributed by atoms with Crippen molar-refractivity contribution in [2.24, 2.45) is 0 Å². The summed E-state index contributed by atoms with van der Waals surface area (Å²) < 4.78 is 0. The fraction of sp³-hybridized carbons (Fsp3) is 0.385. The highest BCUT2D eigenvalue weighted by Gasteiger charge is 2.52. The third-order valence-electron chi connectivity index (χ3n) is 3.97. The molecule has 3 rings (SSSR count). The Morgan fingerprint density at radius 2 is 1.94 bits per heavy atom. The summed E-state index contributed by atoms with van der Waals surface area (Å²) in [6, 6.07) is 7.45. The van der Waals surface area contributed by atoms with E-state index in [1.165, 1.54) is 4.90 Å². The van der Waals surface area contributed by atoms with E-state index in [0.717, 1.165) is 5.69 Å². The molecule has 2 amide bonds. The molecule has 0 aromatic heterocycles. The van der Waals surface area contributed by atoms with Crippen LogP contribution in [0.15, 0.2) is 24.3 Å². The first-order valence-corrected chi connectivity index (χ1v) is 5.76. The summed E-state index contributed by atoms with van der Waals surface area (Å²) in [5, 5.41) is 0. The van der Waals surface area contributed by atoms with Crippen molar-refractivity contribution >= 4 is 17.5 Å². The zero-order valence-corrected chi connectivity index (χ0v) is 9.93. The number of rotatable bonds is 0. The molecule has 1 atom stereocenters. The van der Waals surface area contributed by atoms with Gasteiger partial charge in [-0.2, -0.15) is 0 Å². The van der Waals surface area contributed by atoms with E-state index in [0.29, 0.717) is 18.4 Å². The quantitative estimate of drug-likeness (QED) is 0.636. The number of amides is 2. The Balaban J connectivity index is 2.23. The van der Waals surface area contributed by atoms with Crippen molar-refractivity contribution in [3.8, 4) is 0 Å². The van der Waals surface area contributed by atoms with Crippen LogP contribution in [0.2, 0.25) is 0 Å². The van der Waals surface area contributed by atoms with Crippen LogP contribution in [0, 0.1) is 0 Å². The molecular weight excluding hydrogens is 216 g/mol. The van der Waals surface area contributed by atoms with Crippen LogP contribution in [0.25, 0.3) is 0 Å². The molecule has 0 radical (unpaired) electrons. The molecule has 1 aromatic rings. The molecule has 2 aliphatic heterocycles. The fourth-order valence-electron chi connectivity index (χ4n) is 2.81. The summed E-state index contributed by atoms with van der Waals surface area (Å²) in [7, 11) is 1.94. The Morgan fingerprint density at radius 1 is 1.24 bits per heavy atom. The van der Waals surface area contributed by atoms with E-state index in [1.807, 2.05) is 37.1 Å². The number of benzene rings is 1. The van der Waals surface area contributed by atoms with Gasteiger partial charge in [0, 0.05) is 13.5 Å². The average Bonchev–Trinajstić information content (AvgIpc) is 2.64. The van der Waals surface area contributed by atoms with Gasteiger partial charge in [0.15, 0.2) is 0 Å². The van der Waals surface area contributed by atoms with E-state index in [-0.39, 0.29) is 11.8 Å². The number of nitrogens with zero attached hydrogens (tertiary/aromatic N) is 2. The van der Waals surface area contributed by atoms with Gasteiger partial charge in [0.25, 0.3) is 5.91 Å². The molecule has 17 heavy (non-hydrogen) atoms. The van der Waals surface area contributed by atoms with Crippen LogP contribution in [0.4, 0.5) is 5.69 Å². The van der Waals surface area contributed by atoms with E-state index in [9.17, 15) is 9.59 Å². The molecule has 2 heterocycles. The Kier molecular flexibility index (Phi) is 1.88. The largest absolute Gasteiger partial charge is 0.351 e. The molecule has 0 spiro atoms. The zero-order valence-electron chi connectivity index (χ0n) is 9.93. The van der Waals surface area contributed by atoms with Gasteiger partial charge in [0.05, 0.1) is 11.3 Å². The van der Waals surface area contributed by atoms with Crippen LogP contribution in [-0.4, -0.2) is 29.4 Å². The summed E-state index contributed by atoms with van der Waals surface area (Å²) in [4.78, 5) is 27.6. The van der Waals surface area contributed by atoms with Crippen molar-refractivity contribution in [3.05, 3.63) is 29.8 Å². The lowest BCUT2D eigenvalue weighted by Gasteiger charge is -2.47. The maximum absolute atomic E-state index is 12.3. The predicted molar refractivity (Wildman–Crippen MR) is 63.7 cm³/mol. The number of para-hydroxylation sites is 1. The maximum atomic E-state index is 12.3. The number of carbonyl (C=O) groups excluding carboxylic acids is 2. The maximum Gasteiger partial charge on any atom is 0.264 e. The van der Waals surface area contributed by atoms with Crippen LogP contribution in [0.1, 0.15) is 30.1 Å². The lowest BCUT2D eigenvalue weighted by molar-refractivity contribution is -0.128. The van der Waals surface area contributed by atoms with Crippen LogP contribution >= 0.6 is 0 Å². The number of anilines is 1. The lowest BCUT2D eigenvalue weighted by atomic mass is 9.99. The van der Waals surface area contributed by atoms with E-state index in [4.69, 9.17) is 0 Å². The van der Waals surface area contributed by atoms with E-state index < -0.39 is 5.66 Å². The van der Waals surface area contributed by atoms with Gasteiger partial charge in [0.2, 0.25) is 5.91 Å². The Bertz CT molecular complexity index is 526. The molecule has 2 aliphatic rings. The fourth-order valence-corrected chi connectivity index (χ4v) is 2.81. The topological polar surface area (TPSA) is 40.6 Å². The minimum atomic E-state index is -0.498. The van der Waals surface area contributed by atoms with Crippen molar-refractivity contribution < 1.29 is 9.59 Å². The number of fused-ring (bicyclic) bond motifs is 2. The molecule has 4 heteroatoms. The summed E-state index contributed by atoms with van der Waals surface area (Å²) >= 11 is 0. The van der Waals surface area contributed by atoms with E-state index >= 15 is 0 Å². The highest BCUT2D eigenvalue weighted by Crippen LogP contribution is 2.42. The van der Waals surface area contributed by atoms with E-state index in [2.05, 4.69) is 0 Å². The third-order valence-corrected chi connectivity index (χ3v) is 3.97. The second kappa shape index (κ2) is 3.09. The van der Waals surface area contributed by atoms with E-state index in [1.54, 1.807) is 6.07 Å². The first kappa shape index (κ1) is 10.3. The molecule has 0 saturated carbocycles. The van der Waals surface area contributed by atoms with Crippen molar-refractivity contribution in [1.82, 2.24) is 4.90 Å². The van der Waals surface area contributed by atoms with Gasteiger partial charge in [0.1, 0.15) is 5.66 Å². The molecule has 88 valence electrons. The minimum Gasteiger partial charge on any atom is -0.351 e. The van der Waals surface area contributed by atoms with Crippen LogP contribution < -0.4 is 4.90 Å². The number of carbonyl (C=O) groups is 2. The first-order valence-electron chi connectivity index (χ1n) is 5.76. The lowest BCUT2D eigenvalue weighted by Crippen LogP contribution is -2.60. The zero-order chi connectivity index (χ0) is 12.2. The van der Waals surface area contributed by atoms with Crippen LogP contribution in [-0.2, 0) is 4.79 Å². The SMILES string of the molecule is CN1c2ccccc2C(=O)N2C(=O)CC[C@@]21C. The molecule has 0 bridgehead atoms. The molecule has 0 unspecified atom stereocenters. The summed E-state index contributed by atoms with van der Waals surface area (Å²) in [5.41, 5.74) is 1.02. The minimum absolute atomic E-state index is 0.0705. The molecule has 1 fully saturated rings. The second-order valence-electron chi connectivity index (χ2n) is 4.83. The first-order chi connectivity index (χ1) is 8.05. The molecule has 1 saturated heterocycles. The molecular formula is C13H14N2O2. The van der Waals surface area contributed by atoms with Gasteiger partial charge in [-0.25, -0.2) is 0 Å². The van der Waals surface area contributed by atoms with Gasteiger partial charge in [-0.3, -0.25) is 14.5 Å². The van der Waals surface area contributed by atoms with Gasteiger partial charge < -0.3 is 4.90 Å². The molecule has 1 aromatic carbocycles. The highest BCUT2D eigenvalue weighted by atomic mass is 16.2. The number of imide groups is 1. The highest BCUT2D eigenvalue weighted by molar-refractivity contribution is 6.11. The van der Waals surface area contributed by atoms with Crippen molar-refractivity contribution in [1.29, 1.82) is 0 Å². The normalized spacial score (nSPS) is 27.2. The molecule has 4 nitrogen and oxygen atoms in total. The van der Waals surface area contributed by atoms with Crippen molar-refractivity contribution in [2.45, 2.75) is 25.4 Å². The predicted octanol–water partition coefficient (Wildman–Crippen LogP) is 1.62. The summed E-state index contributed by atoms with van der Waals surface area (Å²) in [5.74, 6) is -0.234. The third kappa shape index (κ3) is 1.12. The Labute approximate surface area is 99.8 Å². The monoisotopic (exact) mass is 230 g/mol.